The molecule has 1 aromatic rings. The van der Waals surface area contributed by atoms with E-state index >= 15 is 0 Å². The highest BCUT2D eigenvalue weighted by Crippen LogP contribution is 2.13. The van der Waals surface area contributed by atoms with Crippen LogP contribution in [0.25, 0.3) is 0 Å². The van der Waals surface area contributed by atoms with Gasteiger partial charge in [-0.25, -0.2) is 0 Å². The SMILES string of the molecule is CC(CO)SCCc1ccc(N)cc1. The summed E-state index contributed by atoms with van der Waals surface area (Å²) in [6.45, 7) is 2.29. The lowest BCUT2D eigenvalue weighted by molar-refractivity contribution is 0.300. The molecule has 14 heavy (non-hydrogen) atoms. The molecule has 0 spiro atoms. The van der Waals surface area contributed by atoms with Crippen LogP contribution in [-0.2, 0) is 6.42 Å². The fourth-order valence-corrected chi connectivity index (χ4v) is 1.98. The number of thioether (sulfide) groups is 1. The quantitative estimate of drug-likeness (QED) is 0.731. The zero-order valence-corrected chi connectivity index (χ0v) is 9.26. The van der Waals surface area contributed by atoms with Crippen molar-refractivity contribution in [2.45, 2.75) is 18.6 Å². The van der Waals surface area contributed by atoms with E-state index in [2.05, 4.69) is 12.1 Å². The first-order chi connectivity index (χ1) is 6.72. The lowest BCUT2D eigenvalue weighted by Gasteiger charge is -2.07. The number of anilines is 1. The van der Waals surface area contributed by atoms with Crippen LogP contribution < -0.4 is 5.73 Å². The first-order valence-corrected chi connectivity index (χ1v) is 5.84. The summed E-state index contributed by atoms with van der Waals surface area (Å²) in [7, 11) is 0. The average molecular weight is 211 g/mol. The zero-order valence-electron chi connectivity index (χ0n) is 8.44. The van der Waals surface area contributed by atoms with Gasteiger partial charge in [0.1, 0.15) is 0 Å². The minimum atomic E-state index is 0.256. The van der Waals surface area contributed by atoms with Gasteiger partial charge in [-0.05, 0) is 29.9 Å². The number of nitrogen functional groups attached to an aromatic ring is 1. The van der Waals surface area contributed by atoms with Crippen LogP contribution in [-0.4, -0.2) is 22.7 Å². The number of rotatable bonds is 5. The summed E-state index contributed by atoms with van der Waals surface area (Å²) >= 11 is 1.79. The van der Waals surface area contributed by atoms with E-state index in [4.69, 9.17) is 10.8 Å². The largest absolute Gasteiger partial charge is 0.399 e. The van der Waals surface area contributed by atoms with Crippen molar-refractivity contribution in [1.29, 1.82) is 0 Å². The monoisotopic (exact) mass is 211 g/mol. The van der Waals surface area contributed by atoms with Gasteiger partial charge in [0.25, 0.3) is 0 Å². The van der Waals surface area contributed by atoms with Crippen molar-refractivity contribution in [1.82, 2.24) is 0 Å². The van der Waals surface area contributed by atoms with Gasteiger partial charge in [-0.3, -0.25) is 0 Å². The smallest absolute Gasteiger partial charge is 0.0547 e. The van der Waals surface area contributed by atoms with Crippen LogP contribution >= 0.6 is 11.8 Å². The molecule has 3 heteroatoms. The van der Waals surface area contributed by atoms with Crippen molar-refractivity contribution in [2.75, 3.05) is 18.1 Å². The third kappa shape index (κ3) is 4.03. The first-order valence-electron chi connectivity index (χ1n) is 4.79. The molecule has 3 N–H and O–H groups in total. The van der Waals surface area contributed by atoms with Crippen molar-refractivity contribution in [3.05, 3.63) is 29.8 Å². The van der Waals surface area contributed by atoms with Gasteiger partial charge < -0.3 is 10.8 Å². The molecule has 1 rings (SSSR count). The Kier molecular flexibility index (Phi) is 4.84. The Morgan fingerprint density at radius 2 is 2.00 bits per heavy atom. The number of nitrogens with two attached hydrogens (primary N) is 1. The standard InChI is InChI=1S/C11H17NOS/c1-9(8-13)14-7-6-10-2-4-11(12)5-3-10/h2-5,9,13H,6-8,12H2,1H3. The van der Waals surface area contributed by atoms with Crippen LogP contribution in [0.4, 0.5) is 5.69 Å². The molecule has 78 valence electrons. The number of aliphatic hydroxyl groups is 1. The summed E-state index contributed by atoms with van der Waals surface area (Å²) in [5, 5.41) is 9.17. The first kappa shape index (κ1) is 11.4. The lowest BCUT2D eigenvalue weighted by Crippen LogP contribution is -2.04. The highest BCUT2D eigenvalue weighted by Gasteiger charge is 2.00. The van der Waals surface area contributed by atoms with Crippen molar-refractivity contribution >= 4 is 17.4 Å². The Morgan fingerprint density at radius 1 is 1.36 bits per heavy atom. The highest BCUT2D eigenvalue weighted by atomic mass is 32.2. The van der Waals surface area contributed by atoms with Crippen LogP contribution in [0.2, 0.25) is 0 Å². The van der Waals surface area contributed by atoms with E-state index in [0.717, 1.165) is 17.9 Å². The number of benzene rings is 1. The molecule has 2 nitrogen and oxygen atoms in total. The summed E-state index contributed by atoms with van der Waals surface area (Å²) < 4.78 is 0. The maximum Gasteiger partial charge on any atom is 0.0547 e. The second-order valence-corrected chi connectivity index (χ2v) is 4.90. The van der Waals surface area contributed by atoms with E-state index in [9.17, 15) is 0 Å². The Morgan fingerprint density at radius 3 is 2.57 bits per heavy atom. The third-order valence-corrected chi connectivity index (χ3v) is 3.19. The van der Waals surface area contributed by atoms with Gasteiger partial charge in [0.05, 0.1) is 6.61 Å². The second-order valence-electron chi connectivity index (χ2n) is 3.36. The number of hydrogen-bond donors (Lipinski definition) is 2. The van der Waals surface area contributed by atoms with Gasteiger partial charge in [-0.2, -0.15) is 11.8 Å². The van der Waals surface area contributed by atoms with E-state index < -0.39 is 0 Å². The molecule has 0 radical (unpaired) electrons. The Labute approximate surface area is 89.5 Å². The van der Waals surface area contributed by atoms with Crippen molar-refractivity contribution in [3.63, 3.8) is 0 Å². The van der Waals surface area contributed by atoms with Crippen molar-refractivity contribution in [2.24, 2.45) is 0 Å². The average Bonchev–Trinajstić information content (AvgIpc) is 2.21. The molecule has 0 bridgehead atoms. The maximum atomic E-state index is 8.83. The molecule has 1 atom stereocenters. The normalized spacial score (nSPS) is 12.7. The van der Waals surface area contributed by atoms with E-state index in [1.54, 1.807) is 11.8 Å². The number of aliphatic hydroxyl groups excluding tert-OH is 1. The molecule has 0 amide bonds. The molecule has 0 aliphatic heterocycles. The van der Waals surface area contributed by atoms with Crippen LogP contribution in [0.3, 0.4) is 0 Å². The third-order valence-electron chi connectivity index (χ3n) is 2.03. The van der Waals surface area contributed by atoms with Crippen molar-refractivity contribution in [3.8, 4) is 0 Å². The number of hydrogen-bond acceptors (Lipinski definition) is 3. The fraction of sp³-hybridized carbons (Fsp3) is 0.455. The molecular weight excluding hydrogens is 194 g/mol. The lowest BCUT2D eigenvalue weighted by atomic mass is 10.2. The van der Waals surface area contributed by atoms with E-state index in [1.807, 2.05) is 19.1 Å². The van der Waals surface area contributed by atoms with Gasteiger partial charge in [0.2, 0.25) is 0 Å². The van der Waals surface area contributed by atoms with E-state index in [0.29, 0.717) is 5.25 Å². The van der Waals surface area contributed by atoms with E-state index in [-0.39, 0.29) is 6.61 Å². The molecule has 0 fully saturated rings. The fourth-order valence-electron chi connectivity index (χ4n) is 1.11. The van der Waals surface area contributed by atoms with Gasteiger partial charge in [0, 0.05) is 10.9 Å². The summed E-state index contributed by atoms with van der Waals surface area (Å²) in [5.74, 6) is 1.05. The minimum absolute atomic E-state index is 0.256. The predicted octanol–water partition coefficient (Wildman–Crippen LogP) is 1.93. The molecule has 0 aliphatic rings. The zero-order chi connectivity index (χ0) is 10.4. The van der Waals surface area contributed by atoms with Crippen LogP contribution in [0.1, 0.15) is 12.5 Å². The number of aryl methyl sites for hydroxylation is 1. The molecule has 0 aromatic heterocycles. The summed E-state index contributed by atoms with van der Waals surface area (Å²) in [4.78, 5) is 0. The van der Waals surface area contributed by atoms with Gasteiger partial charge in [0.15, 0.2) is 0 Å². The van der Waals surface area contributed by atoms with Crippen LogP contribution in [0.5, 0.6) is 0 Å². The Hall–Kier alpha value is -0.670. The maximum absolute atomic E-state index is 8.83. The van der Waals surface area contributed by atoms with Crippen molar-refractivity contribution < 1.29 is 5.11 Å². The van der Waals surface area contributed by atoms with Gasteiger partial charge in [-0.1, -0.05) is 19.1 Å². The van der Waals surface area contributed by atoms with Crippen LogP contribution in [0, 0.1) is 0 Å². The molecule has 0 heterocycles. The topological polar surface area (TPSA) is 46.2 Å². The molecule has 0 saturated carbocycles. The molecule has 1 unspecified atom stereocenters. The summed E-state index contributed by atoms with van der Waals surface area (Å²) in [6, 6.07) is 7.96. The van der Waals surface area contributed by atoms with E-state index in [1.165, 1.54) is 5.56 Å². The van der Waals surface area contributed by atoms with Crippen LogP contribution in [0.15, 0.2) is 24.3 Å². The van der Waals surface area contributed by atoms with Gasteiger partial charge in [-0.15, -0.1) is 0 Å². The minimum Gasteiger partial charge on any atom is -0.399 e. The second kappa shape index (κ2) is 5.94. The highest BCUT2D eigenvalue weighted by molar-refractivity contribution is 7.99. The van der Waals surface area contributed by atoms with Gasteiger partial charge >= 0.3 is 0 Å². The summed E-state index contributed by atoms with van der Waals surface area (Å²) in [6.07, 6.45) is 1.04. The molecular formula is C11H17NOS. The Balaban J connectivity index is 2.28. The molecule has 1 aromatic carbocycles. The Bertz CT molecular complexity index is 260. The summed E-state index contributed by atoms with van der Waals surface area (Å²) in [5.41, 5.74) is 7.70. The predicted molar refractivity (Wildman–Crippen MR) is 63.6 cm³/mol. The molecule has 0 saturated heterocycles. The molecule has 0 aliphatic carbocycles.